The Hall–Kier alpha value is -3.22. The molecule has 0 aliphatic rings. The molecular formula is C21H25NO6. The van der Waals surface area contributed by atoms with Gasteiger partial charge in [0.25, 0.3) is 5.91 Å². The number of esters is 1. The molecule has 0 spiro atoms. The van der Waals surface area contributed by atoms with Crippen molar-refractivity contribution in [3.63, 3.8) is 0 Å². The Morgan fingerprint density at radius 2 is 1.57 bits per heavy atom. The largest absolute Gasteiger partial charge is 0.496 e. The highest BCUT2D eigenvalue weighted by Crippen LogP contribution is 2.27. The van der Waals surface area contributed by atoms with E-state index in [9.17, 15) is 9.59 Å². The van der Waals surface area contributed by atoms with E-state index in [2.05, 4.69) is 5.32 Å². The molecule has 0 aliphatic heterocycles. The van der Waals surface area contributed by atoms with Crippen LogP contribution in [0.25, 0.3) is 0 Å². The summed E-state index contributed by atoms with van der Waals surface area (Å²) in [6, 6.07) is 10.8. The molecule has 0 radical (unpaired) electrons. The first-order valence-electron chi connectivity index (χ1n) is 8.77. The number of carbonyl (C=O) groups excluding carboxylic acids is 2. The Labute approximate surface area is 164 Å². The number of hydrogen-bond acceptors (Lipinski definition) is 6. The van der Waals surface area contributed by atoms with Crippen molar-refractivity contribution < 1.29 is 28.5 Å². The van der Waals surface area contributed by atoms with Crippen molar-refractivity contribution in [3.05, 3.63) is 53.1 Å². The fourth-order valence-electron chi connectivity index (χ4n) is 2.62. The number of nitrogens with one attached hydrogen (secondary N) is 1. The van der Waals surface area contributed by atoms with Crippen LogP contribution in [0.1, 0.15) is 21.5 Å². The van der Waals surface area contributed by atoms with Gasteiger partial charge in [-0.05, 0) is 43.2 Å². The summed E-state index contributed by atoms with van der Waals surface area (Å²) in [5, 5.41) is 2.72. The molecule has 0 heterocycles. The Bertz CT molecular complexity index is 834. The van der Waals surface area contributed by atoms with Gasteiger partial charge in [0.2, 0.25) is 0 Å². The van der Waals surface area contributed by atoms with Crippen molar-refractivity contribution in [1.82, 2.24) is 5.32 Å². The lowest BCUT2D eigenvalue weighted by molar-refractivity contribution is -0.124. The number of ether oxygens (including phenoxy) is 4. The minimum Gasteiger partial charge on any atom is -0.496 e. The summed E-state index contributed by atoms with van der Waals surface area (Å²) in [5.74, 6) is 0.710. The van der Waals surface area contributed by atoms with E-state index in [1.165, 1.54) is 7.11 Å². The van der Waals surface area contributed by atoms with E-state index in [1.54, 1.807) is 26.4 Å². The van der Waals surface area contributed by atoms with Crippen molar-refractivity contribution in [1.29, 1.82) is 0 Å². The molecule has 2 rings (SSSR count). The first kappa shape index (κ1) is 21.1. The van der Waals surface area contributed by atoms with E-state index in [1.807, 2.05) is 31.2 Å². The minimum atomic E-state index is -0.601. The van der Waals surface area contributed by atoms with Gasteiger partial charge in [-0.15, -0.1) is 0 Å². The number of carbonyl (C=O) groups is 2. The van der Waals surface area contributed by atoms with Crippen molar-refractivity contribution in [2.75, 3.05) is 34.5 Å². The van der Waals surface area contributed by atoms with E-state index >= 15 is 0 Å². The average Bonchev–Trinajstić information content (AvgIpc) is 2.71. The second kappa shape index (κ2) is 10.2. The van der Waals surface area contributed by atoms with Crippen LogP contribution in [0, 0.1) is 6.92 Å². The number of hydrogen-bond donors (Lipinski definition) is 1. The molecule has 7 heteroatoms. The summed E-state index contributed by atoms with van der Waals surface area (Å²) >= 11 is 0. The minimum absolute atomic E-state index is 0.292. The van der Waals surface area contributed by atoms with Crippen LogP contribution in [0.2, 0.25) is 0 Å². The van der Waals surface area contributed by atoms with Crippen molar-refractivity contribution in [2.45, 2.75) is 13.3 Å². The monoisotopic (exact) mass is 387 g/mol. The molecule has 1 amide bonds. The lowest BCUT2D eigenvalue weighted by Gasteiger charge is -2.11. The predicted molar refractivity (Wildman–Crippen MR) is 104 cm³/mol. The Morgan fingerprint density at radius 1 is 0.893 bits per heavy atom. The highest BCUT2D eigenvalue weighted by atomic mass is 16.5. The third-order valence-corrected chi connectivity index (χ3v) is 4.09. The van der Waals surface area contributed by atoms with Gasteiger partial charge >= 0.3 is 5.97 Å². The first-order chi connectivity index (χ1) is 13.5. The Balaban J connectivity index is 1.82. The number of amides is 1. The third kappa shape index (κ3) is 5.64. The third-order valence-electron chi connectivity index (χ3n) is 4.09. The molecule has 0 saturated heterocycles. The smallest absolute Gasteiger partial charge is 0.342 e. The molecular weight excluding hydrogens is 362 g/mol. The summed E-state index contributed by atoms with van der Waals surface area (Å²) in [5.41, 5.74) is 2.17. The summed E-state index contributed by atoms with van der Waals surface area (Å²) in [6.07, 6.45) is 0.603. The van der Waals surface area contributed by atoms with Crippen LogP contribution in [0.5, 0.6) is 17.2 Å². The van der Waals surface area contributed by atoms with Gasteiger partial charge in [0.1, 0.15) is 11.3 Å². The molecule has 0 bridgehead atoms. The van der Waals surface area contributed by atoms with Crippen molar-refractivity contribution in [3.8, 4) is 17.2 Å². The molecule has 2 aromatic rings. The zero-order valence-electron chi connectivity index (χ0n) is 16.5. The quantitative estimate of drug-likeness (QED) is 0.666. The molecule has 0 saturated carbocycles. The summed E-state index contributed by atoms with van der Waals surface area (Å²) < 4.78 is 20.7. The van der Waals surface area contributed by atoms with Crippen LogP contribution in [-0.2, 0) is 16.0 Å². The van der Waals surface area contributed by atoms with E-state index in [0.717, 1.165) is 11.1 Å². The number of aryl methyl sites for hydroxylation is 1. The summed E-state index contributed by atoms with van der Waals surface area (Å²) in [7, 11) is 4.62. The summed E-state index contributed by atoms with van der Waals surface area (Å²) in [6.45, 7) is 1.90. The predicted octanol–water partition coefficient (Wildman–Crippen LogP) is 2.54. The molecule has 0 unspecified atom stereocenters. The number of methoxy groups -OCH3 is 3. The van der Waals surface area contributed by atoms with Crippen LogP contribution in [0.3, 0.4) is 0 Å². The van der Waals surface area contributed by atoms with E-state index in [-0.39, 0.29) is 12.5 Å². The highest BCUT2D eigenvalue weighted by molar-refractivity contribution is 5.94. The molecule has 28 heavy (non-hydrogen) atoms. The van der Waals surface area contributed by atoms with Gasteiger partial charge in [-0.25, -0.2) is 4.79 Å². The molecule has 2 aromatic carbocycles. The molecule has 0 aliphatic carbocycles. The van der Waals surface area contributed by atoms with Crippen LogP contribution in [0.15, 0.2) is 36.4 Å². The van der Waals surface area contributed by atoms with E-state index < -0.39 is 5.97 Å². The average molecular weight is 387 g/mol. The normalized spacial score (nSPS) is 10.1. The van der Waals surface area contributed by atoms with Crippen LogP contribution >= 0.6 is 0 Å². The Kier molecular flexibility index (Phi) is 7.68. The molecule has 7 nitrogen and oxygen atoms in total. The first-order valence-corrected chi connectivity index (χ1v) is 8.77. The van der Waals surface area contributed by atoms with Crippen LogP contribution in [0.4, 0.5) is 0 Å². The Morgan fingerprint density at radius 3 is 2.25 bits per heavy atom. The number of benzene rings is 2. The second-order valence-corrected chi connectivity index (χ2v) is 6.07. The zero-order chi connectivity index (χ0) is 20.5. The zero-order valence-corrected chi connectivity index (χ0v) is 16.5. The fourth-order valence-corrected chi connectivity index (χ4v) is 2.62. The fraction of sp³-hybridized carbons (Fsp3) is 0.333. The van der Waals surface area contributed by atoms with Gasteiger partial charge < -0.3 is 24.3 Å². The van der Waals surface area contributed by atoms with Gasteiger partial charge in [0.15, 0.2) is 18.1 Å². The number of rotatable bonds is 9. The van der Waals surface area contributed by atoms with Crippen molar-refractivity contribution in [2.24, 2.45) is 0 Å². The van der Waals surface area contributed by atoms with Crippen LogP contribution in [-0.4, -0.2) is 46.4 Å². The maximum absolute atomic E-state index is 12.2. The molecule has 0 atom stereocenters. The molecule has 0 fully saturated rings. The standard InChI is InChI=1S/C21H25NO6/c1-14-5-7-17(25-2)16(11-14)21(24)28-13-20(23)22-10-9-15-6-8-18(26-3)19(12-15)27-4/h5-8,11-12H,9-10,13H2,1-4H3,(H,22,23). The van der Waals surface area contributed by atoms with Gasteiger partial charge in [-0.1, -0.05) is 17.7 Å². The maximum Gasteiger partial charge on any atom is 0.342 e. The van der Waals surface area contributed by atoms with Gasteiger partial charge in [-0.2, -0.15) is 0 Å². The molecule has 1 N–H and O–H groups in total. The van der Waals surface area contributed by atoms with Gasteiger partial charge in [0, 0.05) is 6.54 Å². The lowest BCUT2D eigenvalue weighted by atomic mass is 10.1. The topological polar surface area (TPSA) is 83.1 Å². The van der Waals surface area contributed by atoms with E-state index in [0.29, 0.717) is 35.8 Å². The molecule has 0 aromatic heterocycles. The maximum atomic E-state index is 12.2. The highest BCUT2D eigenvalue weighted by Gasteiger charge is 2.15. The van der Waals surface area contributed by atoms with Crippen molar-refractivity contribution >= 4 is 11.9 Å². The summed E-state index contributed by atoms with van der Waals surface area (Å²) in [4.78, 5) is 24.1. The lowest BCUT2D eigenvalue weighted by Crippen LogP contribution is -2.30. The SMILES string of the molecule is COc1ccc(CCNC(=O)COC(=O)c2cc(C)ccc2OC)cc1OC. The molecule has 150 valence electrons. The van der Waals surface area contributed by atoms with Crippen LogP contribution < -0.4 is 19.5 Å². The van der Waals surface area contributed by atoms with Gasteiger partial charge in [-0.3, -0.25) is 4.79 Å². The van der Waals surface area contributed by atoms with E-state index in [4.69, 9.17) is 18.9 Å². The second-order valence-electron chi connectivity index (χ2n) is 6.07. The van der Waals surface area contributed by atoms with Gasteiger partial charge in [0.05, 0.1) is 21.3 Å².